The van der Waals surface area contributed by atoms with E-state index in [-0.39, 0.29) is 26.2 Å². The minimum atomic E-state index is -1.98. The molecule has 0 bridgehead atoms. The summed E-state index contributed by atoms with van der Waals surface area (Å²) < 4.78 is 0. The van der Waals surface area contributed by atoms with Crippen molar-refractivity contribution in [2.24, 2.45) is 0 Å². The van der Waals surface area contributed by atoms with E-state index < -0.39 is 8.32 Å². The first kappa shape index (κ1) is 33.3. The molecule has 0 aromatic heterocycles. The zero-order valence-corrected chi connectivity index (χ0v) is 24.1. The molecule has 0 aliphatic rings. The zero-order chi connectivity index (χ0) is 24.6. The molecule has 3 aromatic rings. The molecule has 3 rings (SSSR count). The fourth-order valence-corrected chi connectivity index (χ4v) is 7.28. The quantitative estimate of drug-likeness (QED) is 0.259. The van der Waals surface area contributed by atoms with Gasteiger partial charge in [-0.15, -0.1) is 0 Å². The van der Waals surface area contributed by atoms with Crippen molar-refractivity contribution >= 4 is 8.32 Å². The Hall–Kier alpha value is -1.88. The van der Waals surface area contributed by atoms with E-state index in [1.165, 1.54) is 0 Å². The number of phenolic OH excluding ortho intramolecular Hbond substituents is 3. The Balaban J connectivity index is 0. The van der Waals surface area contributed by atoms with Crippen LogP contribution in [0.15, 0.2) is 91.0 Å². The second-order valence-corrected chi connectivity index (χ2v) is 13.6. The predicted octanol–water partition coefficient (Wildman–Crippen LogP) is 7.33. The molecule has 0 heterocycles. The summed E-state index contributed by atoms with van der Waals surface area (Å²) in [6.45, 7) is 12.9. The molecule has 0 spiro atoms. The summed E-state index contributed by atoms with van der Waals surface area (Å²) >= 11 is 0. The number of para-hydroxylation sites is 3. The van der Waals surface area contributed by atoms with Gasteiger partial charge in [0.1, 0.15) is 17.2 Å². The van der Waals surface area contributed by atoms with E-state index in [2.05, 4.69) is 41.5 Å². The molecule has 0 radical (unpaired) electrons. The average molecular weight is 548 g/mol. The summed E-state index contributed by atoms with van der Waals surface area (Å²) in [5, 5.41) is 25.9. The van der Waals surface area contributed by atoms with Gasteiger partial charge < -0.3 is 20.1 Å². The molecule has 3 aromatic carbocycles. The van der Waals surface area contributed by atoms with Crippen molar-refractivity contribution in [2.75, 3.05) is 0 Å². The molecule has 180 valence electrons. The van der Waals surface area contributed by atoms with Gasteiger partial charge in [-0.1, -0.05) is 96.1 Å². The molecular formula is C27H40O4SiZr. The van der Waals surface area contributed by atoms with Crippen LogP contribution >= 0.6 is 0 Å². The van der Waals surface area contributed by atoms with E-state index in [1.807, 2.05) is 18.2 Å². The molecule has 0 aliphatic heterocycles. The Morgan fingerprint density at radius 1 is 0.455 bits per heavy atom. The SMILES string of the molecule is CC(C)[Si](O)(C(C)C)C(C)C.Oc1ccccc1.Oc1ccccc1.Oc1ccccc1.[Zr]. The number of phenols is 3. The van der Waals surface area contributed by atoms with Crippen LogP contribution in [0.1, 0.15) is 41.5 Å². The van der Waals surface area contributed by atoms with Gasteiger partial charge in [-0.25, -0.2) is 0 Å². The molecule has 0 saturated heterocycles. The molecule has 6 heteroatoms. The average Bonchev–Trinajstić information content (AvgIpc) is 2.75. The first-order chi connectivity index (χ1) is 15.0. The van der Waals surface area contributed by atoms with Crippen LogP contribution in [0.2, 0.25) is 16.6 Å². The number of benzene rings is 3. The molecular weight excluding hydrogens is 508 g/mol. The number of hydrogen-bond acceptors (Lipinski definition) is 4. The maximum Gasteiger partial charge on any atom is 0.196 e. The van der Waals surface area contributed by atoms with Gasteiger partial charge in [0.2, 0.25) is 0 Å². The first-order valence-electron chi connectivity index (χ1n) is 11.0. The van der Waals surface area contributed by atoms with Crippen LogP contribution in [-0.2, 0) is 26.2 Å². The van der Waals surface area contributed by atoms with Gasteiger partial charge in [-0.05, 0) is 53.0 Å². The Morgan fingerprint density at radius 3 is 0.697 bits per heavy atom. The second kappa shape index (κ2) is 18.5. The number of hydrogen-bond donors (Lipinski definition) is 4. The Bertz CT molecular complexity index is 702. The molecule has 0 aliphatic carbocycles. The second-order valence-electron chi connectivity index (χ2n) is 8.36. The zero-order valence-electron chi connectivity index (χ0n) is 20.7. The molecule has 33 heavy (non-hydrogen) atoms. The standard InChI is InChI=1S/C9H22OSi.3C6H6O.Zr/c1-7(2)11(10,8(3)4)9(5)6;3*7-6-4-2-1-3-5-6;/h7-10H,1-6H3;3*1-5,7H;. The van der Waals surface area contributed by atoms with Crippen molar-refractivity contribution in [3.05, 3.63) is 91.0 Å². The van der Waals surface area contributed by atoms with Crippen molar-refractivity contribution in [1.82, 2.24) is 0 Å². The van der Waals surface area contributed by atoms with E-state index in [0.29, 0.717) is 33.9 Å². The molecule has 0 atom stereocenters. The molecule has 0 amide bonds. The summed E-state index contributed by atoms with van der Waals surface area (Å²) in [5.74, 6) is 0.965. The maximum atomic E-state index is 10.4. The molecule has 0 unspecified atom stereocenters. The minimum absolute atomic E-state index is 0. The van der Waals surface area contributed by atoms with Crippen molar-refractivity contribution in [2.45, 2.75) is 58.2 Å². The largest absolute Gasteiger partial charge is 0.508 e. The van der Waals surface area contributed by atoms with Gasteiger partial charge in [0.05, 0.1) is 0 Å². The summed E-state index contributed by atoms with van der Waals surface area (Å²) in [7, 11) is -1.98. The van der Waals surface area contributed by atoms with Crippen LogP contribution in [-0.4, -0.2) is 28.4 Å². The number of aromatic hydroxyl groups is 3. The third kappa shape index (κ3) is 14.8. The Labute approximate surface area is 220 Å². The van der Waals surface area contributed by atoms with Crippen molar-refractivity contribution in [3.8, 4) is 17.2 Å². The normalized spacial score (nSPS) is 10.0. The summed E-state index contributed by atoms with van der Waals surface area (Å²) in [4.78, 5) is 10.4. The van der Waals surface area contributed by atoms with E-state index in [4.69, 9.17) is 15.3 Å². The predicted molar refractivity (Wildman–Crippen MR) is 138 cm³/mol. The van der Waals surface area contributed by atoms with E-state index in [1.54, 1.807) is 72.8 Å². The summed E-state index contributed by atoms with van der Waals surface area (Å²) in [6, 6.07) is 26.1. The van der Waals surface area contributed by atoms with Crippen LogP contribution in [0.4, 0.5) is 0 Å². The fourth-order valence-electron chi connectivity index (χ4n) is 3.28. The van der Waals surface area contributed by atoms with Crippen LogP contribution < -0.4 is 0 Å². The topological polar surface area (TPSA) is 80.9 Å². The van der Waals surface area contributed by atoms with Crippen molar-refractivity contribution in [1.29, 1.82) is 0 Å². The molecule has 4 N–H and O–H groups in total. The third-order valence-electron chi connectivity index (χ3n) is 5.04. The summed E-state index contributed by atoms with van der Waals surface area (Å²) in [5.41, 5.74) is 1.42. The molecule has 4 nitrogen and oxygen atoms in total. The monoisotopic (exact) mass is 546 g/mol. The van der Waals surface area contributed by atoms with Gasteiger partial charge in [-0.2, -0.15) is 0 Å². The van der Waals surface area contributed by atoms with Crippen LogP contribution in [0.3, 0.4) is 0 Å². The van der Waals surface area contributed by atoms with Crippen LogP contribution in [0, 0.1) is 0 Å². The van der Waals surface area contributed by atoms with E-state index in [0.717, 1.165) is 0 Å². The molecule has 0 fully saturated rings. The maximum absolute atomic E-state index is 10.4. The fraction of sp³-hybridized carbons (Fsp3) is 0.333. The van der Waals surface area contributed by atoms with E-state index in [9.17, 15) is 4.80 Å². The Kier molecular flexibility index (Phi) is 18.7. The van der Waals surface area contributed by atoms with Gasteiger partial charge in [0.15, 0.2) is 8.32 Å². The Morgan fingerprint density at radius 2 is 0.636 bits per heavy atom. The van der Waals surface area contributed by atoms with Gasteiger partial charge in [0, 0.05) is 26.2 Å². The van der Waals surface area contributed by atoms with Crippen molar-refractivity contribution < 1.29 is 46.3 Å². The molecule has 0 saturated carbocycles. The smallest absolute Gasteiger partial charge is 0.196 e. The third-order valence-corrected chi connectivity index (χ3v) is 10.6. The summed E-state index contributed by atoms with van der Waals surface area (Å²) in [6.07, 6.45) is 0. The first-order valence-corrected chi connectivity index (χ1v) is 13.1. The number of rotatable bonds is 3. The van der Waals surface area contributed by atoms with Crippen LogP contribution in [0.5, 0.6) is 17.2 Å². The van der Waals surface area contributed by atoms with Crippen LogP contribution in [0.25, 0.3) is 0 Å². The van der Waals surface area contributed by atoms with Gasteiger partial charge in [0.25, 0.3) is 0 Å². The minimum Gasteiger partial charge on any atom is -0.508 e. The van der Waals surface area contributed by atoms with Gasteiger partial charge >= 0.3 is 0 Å². The van der Waals surface area contributed by atoms with Crippen molar-refractivity contribution in [3.63, 3.8) is 0 Å². The van der Waals surface area contributed by atoms with E-state index >= 15 is 0 Å². The van der Waals surface area contributed by atoms with Gasteiger partial charge in [-0.3, -0.25) is 0 Å².